The molecule has 0 fully saturated rings. The number of rotatable bonds is 5. The number of anilines is 1. The molecular formula is C18H22N2O2. The van der Waals surface area contributed by atoms with Crippen LogP contribution < -0.4 is 10.5 Å². The van der Waals surface area contributed by atoms with E-state index in [0.717, 1.165) is 16.9 Å². The Labute approximate surface area is 131 Å². The zero-order valence-corrected chi connectivity index (χ0v) is 13.2. The van der Waals surface area contributed by atoms with Gasteiger partial charge in [0.1, 0.15) is 5.75 Å². The molecule has 0 aromatic heterocycles. The van der Waals surface area contributed by atoms with E-state index in [1.807, 2.05) is 62.5 Å². The SMILES string of the molecule is COc1ccc(C(C)N(C)C(=O)Cc2ccc(N)cc2)cc1. The summed E-state index contributed by atoms with van der Waals surface area (Å²) in [4.78, 5) is 14.2. The van der Waals surface area contributed by atoms with Crippen LogP contribution in [0.15, 0.2) is 48.5 Å². The molecule has 4 nitrogen and oxygen atoms in total. The lowest BCUT2D eigenvalue weighted by Gasteiger charge is -2.25. The van der Waals surface area contributed by atoms with Crippen molar-refractivity contribution in [3.63, 3.8) is 0 Å². The van der Waals surface area contributed by atoms with Gasteiger partial charge in [-0.05, 0) is 42.3 Å². The molecular weight excluding hydrogens is 276 g/mol. The Bertz CT molecular complexity index is 621. The summed E-state index contributed by atoms with van der Waals surface area (Å²) in [5.41, 5.74) is 8.41. The highest BCUT2D eigenvalue weighted by molar-refractivity contribution is 5.79. The number of methoxy groups -OCH3 is 1. The van der Waals surface area contributed by atoms with Crippen LogP contribution in [0.25, 0.3) is 0 Å². The molecule has 0 spiro atoms. The van der Waals surface area contributed by atoms with Crippen LogP contribution in [0.5, 0.6) is 5.75 Å². The standard InChI is InChI=1S/C18H22N2O2/c1-13(15-6-10-17(22-3)11-7-15)20(2)18(21)12-14-4-8-16(19)9-5-14/h4-11,13H,12,19H2,1-3H3. The Balaban J connectivity index is 2.03. The van der Waals surface area contributed by atoms with E-state index >= 15 is 0 Å². The van der Waals surface area contributed by atoms with Crippen molar-refractivity contribution in [3.05, 3.63) is 59.7 Å². The summed E-state index contributed by atoms with van der Waals surface area (Å²) in [5.74, 6) is 0.889. The molecule has 0 saturated carbocycles. The molecule has 1 amide bonds. The number of benzene rings is 2. The highest BCUT2D eigenvalue weighted by Crippen LogP contribution is 2.22. The highest BCUT2D eigenvalue weighted by Gasteiger charge is 2.17. The predicted molar refractivity (Wildman–Crippen MR) is 88.7 cm³/mol. The molecule has 2 aromatic rings. The van der Waals surface area contributed by atoms with Gasteiger partial charge < -0.3 is 15.4 Å². The molecule has 22 heavy (non-hydrogen) atoms. The molecule has 0 heterocycles. The summed E-state index contributed by atoms with van der Waals surface area (Å²) in [6, 6.07) is 15.2. The second-order valence-corrected chi connectivity index (χ2v) is 5.37. The minimum absolute atomic E-state index is 0.00666. The second-order valence-electron chi connectivity index (χ2n) is 5.37. The fourth-order valence-electron chi connectivity index (χ4n) is 2.26. The molecule has 4 heteroatoms. The third kappa shape index (κ3) is 3.79. The Morgan fingerprint density at radius 3 is 2.27 bits per heavy atom. The zero-order valence-electron chi connectivity index (χ0n) is 13.2. The first-order valence-corrected chi connectivity index (χ1v) is 7.25. The first-order chi connectivity index (χ1) is 10.5. The molecule has 1 atom stereocenters. The Hall–Kier alpha value is -2.49. The molecule has 116 valence electrons. The summed E-state index contributed by atoms with van der Waals surface area (Å²) >= 11 is 0. The van der Waals surface area contributed by atoms with Gasteiger partial charge in [-0.1, -0.05) is 24.3 Å². The Morgan fingerprint density at radius 2 is 1.73 bits per heavy atom. The Morgan fingerprint density at radius 1 is 1.14 bits per heavy atom. The summed E-state index contributed by atoms with van der Waals surface area (Å²) in [6.45, 7) is 2.02. The summed E-state index contributed by atoms with van der Waals surface area (Å²) in [6.07, 6.45) is 0.372. The number of ether oxygens (including phenoxy) is 1. The van der Waals surface area contributed by atoms with Gasteiger partial charge in [-0.3, -0.25) is 4.79 Å². The van der Waals surface area contributed by atoms with Gasteiger partial charge in [-0.25, -0.2) is 0 Å². The molecule has 0 bridgehead atoms. The quantitative estimate of drug-likeness (QED) is 0.863. The van der Waals surface area contributed by atoms with Gasteiger partial charge in [-0.15, -0.1) is 0 Å². The van der Waals surface area contributed by atoms with Crippen molar-refractivity contribution in [2.45, 2.75) is 19.4 Å². The van der Waals surface area contributed by atoms with E-state index in [4.69, 9.17) is 10.5 Å². The zero-order chi connectivity index (χ0) is 16.1. The number of hydrogen-bond acceptors (Lipinski definition) is 3. The maximum absolute atomic E-state index is 12.4. The molecule has 0 saturated heterocycles. The van der Waals surface area contributed by atoms with E-state index in [1.165, 1.54) is 0 Å². The topological polar surface area (TPSA) is 55.6 Å². The van der Waals surface area contributed by atoms with Crippen molar-refractivity contribution >= 4 is 11.6 Å². The number of carbonyl (C=O) groups excluding carboxylic acids is 1. The van der Waals surface area contributed by atoms with Crippen molar-refractivity contribution < 1.29 is 9.53 Å². The lowest BCUT2D eigenvalue weighted by Crippen LogP contribution is -2.30. The van der Waals surface area contributed by atoms with Crippen LogP contribution in [-0.2, 0) is 11.2 Å². The van der Waals surface area contributed by atoms with Gasteiger partial charge in [-0.2, -0.15) is 0 Å². The van der Waals surface area contributed by atoms with Crippen molar-refractivity contribution in [3.8, 4) is 5.75 Å². The molecule has 0 aliphatic carbocycles. The molecule has 1 unspecified atom stereocenters. The van der Waals surface area contributed by atoms with Crippen molar-refractivity contribution in [2.24, 2.45) is 0 Å². The molecule has 2 N–H and O–H groups in total. The monoisotopic (exact) mass is 298 g/mol. The largest absolute Gasteiger partial charge is 0.497 e. The lowest BCUT2D eigenvalue weighted by atomic mass is 10.1. The van der Waals surface area contributed by atoms with E-state index in [0.29, 0.717) is 12.1 Å². The maximum Gasteiger partial charge on any atom is 0.227 e. The van der Waals surface area contributed by atoms with E-state index < -0.39 is 0 Å². The number of hydrogen-bond donors (Lipinski definition) is 1. The normalized spacial score (nSPS) is 11.8. The minimum Gasteiger partial charge on any atom is -0.497 e. The molecule has 0 aliphatic heterocycles. The number of nitrogens with two attached hydrogens (primary N) is 1. The lowest BCUT2D eigenvalue weighted by molar-refractivity contribution is -0.131. The second kappa shape index (κ2) is 6.98. The number of likely N-dealkylation sites (N-methyl/N-ethyl adjacent to an activating group) is 1. The molecule has 2 aromatic carbocycles. The van der Waals surface area contributed by atoms with Crippen LogP contribution in [0, 0.1) is 0 Å². The number of nitrogen functional groups attached to an aromatic ring is 1. The summed E-state index contributed by atoms with van der Waals surface area (Å²) in [7, 11) is 3.47. The van der Waals surface area contributed by atoms with E-state index in [-0.39, 0.29) is 11.9 Å². The molecule has 0 aliphatic rings. The van der Waals surface area contributed by atoms with E-state index in [1.54, 1.807) is 12.0 Å². The van der Waals surface area contributed by atoms with Crippen LogP contribution >= 0.6 is 0 Å². The number of amides is 1. The first-order valence-electron chi connectivity index (χ1n) is 7.25. The molecule has 0 radical (unpaired) electrons. The Kier molecular flexibility index (Phi) is 5.04. The average Bonchev–Trinajstić information content (AvgIpc) is 2.55. The van der Waals surface area contributed by atoms with Gasteiger partial charge >= 0.3 is 0 Å². The van der Waals surface area contributed by atoms with Gasteiger partial charge in [0, 0.05) is 12.7 Å². The molecule has 2 rings (SSSR count). The number of carbonyl (C=O) groups is 1. The smallest absolute Gasteiger partial charge is 0.227 e. The van der Waals surface area contributed by atoms with E-state index in [9.17, 15) is 4.79 Å². The van der Waals surface area contributed by atoms with Gasteiger partial charge in [0.15, 0.2) is 0 Å². The van der Waals surface area contributed by atoms with Crippen LogP contribution in [0.2, 0.25) is 0 Å². The van der Waals surface area contributed by atoms with Gasteiger partial charge in [0.2, 0.25) is 5.91 Å². The van der Waals surface area contributed by atoms with Gasteiger partial charge in [0.25, 0.3) is 0 Å². The van der Waals surface area contributed by atoms with Crippen molar-refractivity contribution in [1.82, 2.24) is 4.90 Å². The third-order valence-corrected chi connectivity index (χ3v) is 3.91. The third-order valence-electron chi connectivity index (χ3n) is 3.91. The van der Waals surface area contributed by atoms with Crippen LogP contribution in [-0.4, -0.2) is 25.0 Å². The highest BCUT2D eigenvalue weighted by atomic mass is 16.5. The number of nitrogens with zero attached hydrogens (tertiary/aromatic N) is 1. The predicted octanol–water partition coefficient (Wildman–Crippen LogP) is 3.04. The van der Waals surface area contributed by atoms with Crippen LogP contribution in [0.4, 0.5) is 5.69 Å². The van der Waals surface area contributed by atoms with Crippen LogP contribution in [0.1, 0.15) is 24.1 Å². The van der Waals surface area contributed by atoms with Crippen molar-refractivity contribution in [1.29, 1.82) is 0 Å². The van der Waals surface area contributed by atoms with Crippen molar-refractivity contribution in [2.75, 3.05) is 19.9 Å². The summed E-state index contributed by atoms with van der Waals surface area (Å²) in [5, 5.41) is 0. The maximum atomic E-state index is 12.4. The fourth-order valence-corrected chi connectivity index (χ4v) is 2.26. The van der Waals surface area contributed by atoms with E-state index in [2.05, 4.69) is 0 Å². The average molecular weight is 298 g/mol. The fraction of sp³-hybridized carbons (Fsp3) is 0.278. The summed E-state index contributed by atoms with van der Waals surface area (Å²) < 4.78 is 5.15. The first kappa shape index (κ1) is 15.9. The van der Waals surface area contributed by atoms with Gasteiger partial charge in [0.05, 0.1) is 19.6 Å². The minimum atomic E-state index is 0.00666. The van der Waals surface area contributed by atoms with Crippen LogP contribution in [0.3, 0.4) is 0 Å².